The molecule has 2 heterocycles. The van der Waals surface area contributed by atoms with E-state index < -0.39 is 0 Å². The third-order valence-electron chi connectivity index (χ3n) is 5.71. The van der Waals surface area contributed by atoms with Gasteiger partial charge in [-0.15, -0.1) is 0 Å². The fourth-order valence-corrected chi connectivity index (χ4v) is 4.57. The van der Waals surface area contributed by atoms with E-state index in [1.165, 1.54) is 0 Å². The summed E-state index contributed by atoms with van der Waals surface area (Å²) >= 11 is 3.36. The molecular weight excluding hydrogens is 434 g/mol. The van der Waals surface area contributed by atoms with Gasteiger partial charge in [0.1, 0.15) is 0 Å². The molecule has 3 rings (SSSR count). The van der Waals surface area contributed by atoms with Gasteiger partial charge in [-0.3, -0.25) is 14.5 Å². The van der Waals surface area contributed by atoms with Crippen LogP contribution in [0.5, 0.6) is 0 Å². The zero-order valence-corrected chi connectivity index (χ0v) is 19.0. The molecule has 0 spiro atoms. The van der Waals surface area contributed by atoms with Crippen LogP contribution in [0.3, 0.4) is 0 Å². The van der Waals surface area contributed by atoms with Crippen molar-refractivity contribution in [3.8, 4) is 0 Å². The van der Waals surface area contributed by atoms with Gasteiger partial charge in [0.05, 0.1) is 12.2 Å². The van der Waals surface area contributed by atoms with Gasteiger partial charge in [-0.1, -0.05) is 15.9 Å². The topological polar surface area (TPSA) is 61.9 Å². The average Bonchev–Trinajstić information content (AvgIpc) is 2.68. The number of morpholine rings is 1. The lowest BCUT2D eigenvalue weighted by Crippen LogP contribution is -2.48. The molecule has 1 aromatic carbocycles. The van der Waals surface area contributed by atoms with Crippen molar-refractivity contribution < 1.29 is 14.3 Å². The van der Waals surface area contributed by atoms with Crippen molar-refractivity contribution in [2.45, 2.75) is 45.3 Å². The molecule has 2 unspecified atom stereocenters. The van der Waals surface area contributed by atoms with E-state index in [9.17, 15) is 9.59 Å². The van der Waals surface area contributed by atoms with Crippen molar-refractivity contribution in [1.82, 2.24) is 15.1 Å². The fraction of sp³-hybridized carbons (Fsp3) is 0.636. The maximum absolute atomic E-state index is 12.5. The summed E-state index contributed by atoms with van der Waals surface area (Å²) in [7, 11) is 0. The highest BCUT2D eigenvalue weighted by atomic mass is 79.9. The highest BCUT2D eigenvalue weighted by molar-refractivity contribution is 9.10. The van der Waals surface area contributed by atoms with E-state index in [2.05, 4.69) is 40.0 Å². The Morgan fingerprint density at radius 1 is 1.10 bits per heavy atom. The number of amides is 2. The number of likely N-dealkylation sites (tertiary alicyclic amines) is 1. The predicted molar refractivity (Wildman–Crippen MR) is 117 cm³/mol. The molecule has 0 bridgehead atoms. The monoisotopic (exact) mass is 465 g/mol. The standard InChI is InChI=1S/C22H32BrN3O3/c1-16-13-25(14-17(2)29-16)15-18-8-11-26(12-9-18)21(27)7-10-24-22(28)19-3-5-20(23)6-4-19/h3-6,16-18H,7-15H2,1-2H3,(H,24,28). The first-order valence-corrected chi connectivity index (χ1v) is 11.4. The number of rotatable bonds is 6. The molecule has 29 heavy (non-hydrogen) atoms. The normalized spacial score (nSPS) is 23.8. The van der Waals surface area contributed by atoms with Gasteiger partial charge < -0.3 is 15.0 Å². The summed E-state index contributed by atoms with van der Waals surface area (Å²) in [5, 5.41) is 2.84. The third-order valence-corrected chi connectivity index (χ3v) is 6.24. The van der Waals surface area contributed by atoms with Gasteiger partial charge in [-0.25, -0.2) is 0 Å². The van der Waals surface area contributed by atoms with Gasteiger partial charge in [0, 0.05) is 55.7 Å². The molecule has 1 N–H and O–H groups in total. The molecule has 1 aromatic rings. The lowest BCUT2D eigenvalue weighted by molar-refractivity contribution is -0.132. The second kappa shape index (κ2) is 10.5. The summed E-state index contributed by atoms with van der Waals surface area (Å²) in [6.07, 6.45) is 3.06. The minimum Gasteiger partial charge on any atom is -0.373 e. The molecule has 160 valence electrons. The summed E-state index contributed by atoms with van der Waals surface area (Å²) in [5.74, 6) is 0.639. The minimum absolute atomic E-state index is 0.133. The number of carbonyl (C=O) groups is 2. The second-order valence-electron chi connectivity index (χ2n) is 8.31. The summed E-state index contributed by atoms with van der Waals surface area (Å²) < 4.78 is 6.75. The van der Waals surface area contributed by atoms with Crippen LogP contribution in [-0.4, -0.2) is 73.1 Å². The molecule has 2 aliphatic heterocycles. The van der Waals surface area contributed by atoms with E-state index in [1.54, 1.807) is 12.1 Å². The SMILES string of the molecule is CC1CN(CC2CCN(C(=O)CCNC(=O)c3ccc(Br)cc3)CC2)CC(C)O1. The van der Waals surface area contributed by atoms with Crippen molar-refractivity contribution >= 4 is 27.7 Å². The molecule has 2 amide bonds. The zero-order chi connectivity index (χ0) is 20.8. The Kier molecular flexibility index (Phi) is 8.09. The van der Waals surface area contributed by atoms with Gasteiger partial charge >= 0.3 is 0 Å². The van der Waals surface area contributed by atoms with E-state index in [4.69, 9.17) is 4.74 Å². The van der Waals surface area contributed by atoms with Crippen LogP contribution in [0.2, 0.25) is 0 Å². The van der Waals surface area contributed by atoms with Crippen LogP contribution in [0.25, 0.3) is 0 Å². The number of nitrogens with zero attached hydrogens (tertiary/aromatic N) is 2. The van der Waals surface area contributed by atoms with Crippen molar-refractivity contribution in [3.05, 3.63) is 34.3 Å². The largest absolute Gasteiger partial charge is 0.373 e. The molecule has 7 heteroatoms. The number of halogens is 1. The second-order valence-corrected chi connectivity index (χ2v) is 9.23. The van der Waals surface area contributed by atoms with E-state index >= 15 is 0 Å². The molecule has 0 aliphatic carbocycles. The Balaban J connectivity index is 1.34. The van der Waals surface area contributed by atoms with Crippen molar-refractivity contribution in [1.29, 1.82) is 0 Å². The summed E-state index contributed by atoms with van der Waals surface area (Å²) in [4.78, 5) is 29.1. The van der Waals surface area contributed by atoms with Crippen molar-refractivity contribution in [3.63, 3.8) is 0 Å². The molecule has 0 radical (unpaired) electrons. The fourth-order valence-electron chi connectivity index (χ4n) is 4.31. The van der Waals surface area contributed by atoms with E-state index in [1.807, 2.05) is 17.0 Å². The minimum atomic E-state index is -0.141. The van der Waals surface area contributed by atoms with E-state index in [-0.39, 0.29) is 11.8 Å². The first-order valence-electron chi connectivity index (χ1n) is 10.6. The van der Waals surface area contributed by atoms with Crippen molar-refractivity contribution in [2.24, 2.45) is 5.92 Å². The Bertz CT molecular complexity index is 679. The number of ether oxygens (including phenoxy) is 1. The lowest BCUT2D eigenvalue weighted by atomic mass is 9.95. The number of hydrogen-bond donors (Lipinski definition) is 1. The number of nitrogens with one attached hydrogen (secondary N) is 1. The highest BCUT2D eigenvalue weighted by Crippen LogP contribution is 2.21. The molecule has 6 nitrogen and oxygen atoms in total. The molecule has 0 aromatic heterocycles. The van der Waals surface area contributed by atoms with Crippen LogP contribution in [0.15, 0.2) is 28.7 Å². The quantitative estimate of drug-likeness (QED) is 0.701. The summed E-state index contributed by atoms with van der Waals surface area (Å²) in [5.41, 5.74) is 0.605. The van der Waals surface area contributed by atoms with Gasteiger partial charge in [-0.2, -0.15) is 0 Å². The molecule has 2 atom stereocenters. The predicted octanol–water partition coefficient (Wildman–Crippen LogP) is 2.92. The van der Waals surface area contributed by atoms with Crippen LogP contribution in [-0.2, 0) is 9.53 Å². The van der Waals surface area contributed by atoms with E-state index in [0.717, 1.165) is 50.0 Å². The van der Waals surface area contributed by atoms with Gasteiger partial charge in [-0.05, 0) is 56.9 Å². The maximum atomic E-state index is 12.5. The first-order chi connectivity index (χ1) is 13.9. The number of carbonyl (C=O) groups excluding carboxylic acids is 2. The van der Waals surface area contributed by atoms with Crippen LogP contribution in [0, 0.1) is 5.92 Å². The Morgan fingerprint density at radius 3 is 2.34 bits per heavy atom. The third kappa shape index (κ3) is 6.79. The van der Waals surface area contributed by atoms with Crippen LogP contribution >= 0.6 is 15.9 Å². The number of hydrogen-bond acceptors (Lipinski definition) is 4. The Morgan fingerprint density at radius 2 is 1.72 bits per heavy atom. The number of benzene rings is 1. The highest BCUT2D eigenvalue weighted by Gasteiger charge is 2.27. The first kappa shape index (κ1) is 22.2. The Labute approximate surface area is 182 Å². The van der Waals surface area contributed by atoms with Crippen LogP contribution < -0.4 is 5.32 Å². The maximum Gasteiger partial charge on any atom is 0.251 e. The molecule has 0 saturated carbocycles. The molecule has 2 saturated heterocycles. The number of piperidine rings is 1. The average molecular weight is 466 g/mol. The molecule has 2 fully saturated rings. The summed E-state index contributed by atoms with van der Waals surface area (Å²) in [6, 6.07) is 7.20. The van der Waals surface area contributed by atoms with Gasteiger partial charge in [0.25, 0.3) is 5.91 Å². The molecular formula is C22H32BrN3O3. The molecule has 2 aliphatic rings. The lowest BCUT2D eigenvalue weighted by Gasteiger charge is -2.39. The smallest absolute Gasteiger partial charge is 0.251 e. The van der Waals surface area contributed by atoms with Crippen LogP contribution in [0.4, 0.5) is 0 Å². The van der Waals surface area contributed by atoms with Crippen LogP contribution in [0.1, 0.15) is 43.5 Å². The summed E-state index contributed by atoms with van der Waals surface area (Å²) in [6.45, 7) is 9.39. The van der Waals surface area contributed by atoms with Gasteiger partial charge in [0.2, 0.25) is 5.91 Å². The van der Waals surface area contributed by atoms with Gasteiger partial charge in [0.15, 0.2) is 0 Å². The van der Waals surface area contributed by atoms with Crippen molar-refractivity contribution in [2.75, 3.05) is 39.3 Å². The van der Waals surface area contributed by atoms with E-state index in [0.29, 0.717) is 36.7 Å². The zero-order valence-electron chi connectivity index (χ0n) is 17.4. The Hall–Kier alpha value is -1.44.